The van der Waals surface area contributed by atoms with Gasteiger partial charge in [-0.2, -0.15) is 0 Å². The Morgan fingerprint density at radius 2 is 1.63 bits per heavy atom. The molecule has 7 rings (SSSR count). The molecule has 2 aromatic heterocycles. The van der Waals surface area contributed by atoms with E-state index in [1.807, 2.05) is 43.0 Å². The van der Waals surface area contributed by atoms with Crippen molar-refractivity contribution in [2.45, 2.75) is 89.4 Å². The summed E-state index contributed by atoms with van der Waals surface area (Å²) in [4.78, 5) is 58.3. The Balaban J connectivity index is 1.09. The number of aromatic amines is 2. The standard InChI is InChI=1S/C40H46N8O4/c1-4-8-30(45-40(51)52)38(49)47-19-6-11-32(47)36-42-28-18-16-25(22-31(28)44-36)14-13-24-15-17-27-26(21-24)9-5-10-29-35(27)46-37(43-29)33-12-7-20-48(33)39(50)34(41)23(2)3/h4,15-18,21-23,30,32-34,45H,1,5-12,19-20,41H2,2-3H3,(H,42,44)(H,43,46)(H,51,52)/t30-,32-,33-,34-/m0/s1. The zero-order chi connectivity index (χ0) is 36.5. The molecule has 2 fully saturated rings. The Hall–Kier alpha value is -5.41. The van der Waals surface area contributed by atoms with E-state index >= 15 is 0 Å². The van der Waals surface area contributed by atoms with Crippen molar-refractivity contribution in [2.24, 2.45) is 11.7 Å². The number of imidazole rings is 2. The van der Waals surface area contributed by atoms with Gasteiger partial charge in [-0.05, 0) is 93.2 Å². The van der Waals surface area contributed by atoms with Gasteiger partial charge >= 0.3 is 6.09 Å². The van der Waals surface area contributed by atoms with Gasteiger partial charge in [0.05, 0.1) is 34.9 Å². The van der Waals surface area contributed by atoms with Gasteiger partial charge in [0.25, 0.3) is 0 Å². The molecule has 4 heterocycles. The first-order chi connectivity index (χ1) is 25.1. The predicted molar refractivity (Wildman–Crippen MR) is 198 cm³/mol. The number of benzene rings is 2. The average Bonchev–Trinajstić information content (AvgIpc) is 3.94. The molecule has 0 unspecified atom stereocenters. The van der Waals surface area contributed by atoms with Crippen LogP contribution in [0.2, 0.25) is 0 Å². The number of fused-ring (bicyclic) bond motifs is 4. The van der Waals surface area contributed by atoms with E-state index in [4.69, 9.17) is 15.7 Å². The SMILES string of the molecule is C=CC[C@H](NC(=O)O)C(=O)N1CCC[C@H]1c1nc2ccc(C#Cc3ccc4c(c3)CCCc3[nH]c([C@@H]5CCCN5C(=O)[C@@H](N)C(C)C)nc3-4)cc2[nH]1. The maximum atomic E-state index is 13.3. The lowest BCUT2D eigenvalue weighted by Crippen LogP contribution is -2.47. The van der Waals surface area contributed by atoms with Crippen LogP contribution in [0.3, 0.4) is 0 Å². The topological polar surface area (TPSA) is 173 Å². The van der Waals surface area contributed by atoms with Crippen molar-refractivity contribution in [3.63, 3.8) is 0 Å². The van der Waals surface area contributed by atoms with Crippen LogP contribution >= 0.6 is 0 Å². The number of carbonyl (C=O) groups is 3. The fourth-order valence-corrected chi connectivity index (χ4v) is 7.81. The van der Waals surface area contributed by atoms with Crippen LogP contribution in [-0.4, -0.2) is 77.9 Å². The van der Waals surface area contributed by atoms with Crippen LogP contribution < -0.4 is 11.1 Å². The summed E-state index contributed by atoms with van der Waals surface area (Å²) in [6, 6.07) is 10.4. The van der Waals surface area contributed by atoms with Crippen molar-refractivity contribution in [1.29, 1.82) is 0 Å². The number of nitrogens with one attached hydrogen (secondary N) is 3. The van der Waals surface area contributed by atoms with Crippen LogP contribution in [0, 0.1) is 17.8 Å². The highest BCUT2D eigenvalue weighted by Gasteiger charge is 2.37. The second-order valence-electron chi connectivity index (χ2n) is 14.5. The lowest BCUT2D eigenvalue weighted by molar-refractivity contribution is -0.135. The first-order valence-corrected chi connectivity index (χ1v) is 18.3. The third-order valence-electron chi connectivity index (χ3n) is 10.6. The molecule has 3 aliphatic rings. The van der Waals surface area contributed by atoms with Gasteiger partial charge in [0.2, 0.25) is 11.8 Å². The van der Waals surface area contributed by atoms with E-state index in [0.29, 0.717) is 18.9 Å². The zero-order valence-electron chi connectivity index (χ0n) is 29.7. The molecule has 4 aromatic rings. The molecule has 0 bridgehead atoms. The summed E-state index contributed by atoms with van der Waals surface area (Å²) in [5.74, 6) is 7.98. The third-order valence-corrected chi connectivity index (χ3v) is 10.6. The molecule has 0 spiro atoms. The van der Waals surface area contributed by atoms with Crippen molar-refractivity contribution in [2.75, 3.05) is 13.1 Å². The van der Waals surface area contributed by atoms with Gasteiger partial charge < -0.3 is 35.9 Å². The molecule has 12 nitrogen and oxygen atoms in total. The molecule has 270 valence electrons. The van der Waals surface area contributed by atoms with Crippen LogP contribution in [0.5, 0.6) is 0 Å². The van der Waals surface area contributed by atoms with Gasteiger partial charge in [0, 0.05) is 35.5 Å². The van der Waals surface area contributed by atoms with Gasteiger partial charge in [-0.1, -0.05) is 37.8 Å². The maximum absolute atomic E-state index is 13.3. The molecule has 12 heteroatoms. The quantitative estimate of drug-likeness (QED) is 0.121. The second-order valence-corrected chi connectivity index (χ2v) is 14.5. The molecule has 4 atom stereocenters. The molecule has 1 aliphatic carbocycles. The Kier molecular flexibility index (Phi) is 9.88. The molecule has 2 saturated heterocycles. The van der Waals surface area contributed by atoms with Crippen LogP contribution in [0.15, 0.2) is 49.1 Å². The largest absolute Gasteiger partial charge is 0.465 e. The fraction of sp³-hybridized carbons (Fsp3) is 0.425. The normalized spacial score (nSPS) is 19.4. The highest BCUT2D eigenvalue weighted by molar-refractivity contribution is 5.86. The van der Waals surface area contributed by atoms with E-state index in [1.54, 1.807) is 11.0 Å². The molecule has 0 radical (unpaired) electrons. The number of aryl methyl sites for hydroxylation is 2. The molecule has 2 aromatic carbocycles. The Labute approximate surface area is 303 Å². The van der Waals surface area contributed by atoms with E-state index in [2.05, 4.69) is 45.8 Å². The van der Waals surface area contributed by atoms with Crippen LogP contribution in [0.25, 0.3) is 22.3 Å². The van der Waals surface area contributed by atoms with Gasteiger partial charge in [-0.25, -0.2) is 14.8 Å². The summed E-state index contributed by atoms with van der Waals surface area (Å²) in [7, 11) is 0. The molecule has 6 N–H and O–H groups in total. The summed E-state index contributed by atoms with van der Waals surface area (Å²) in [5.41, 5.74) is 14.0. The average molecular weight is 703 g/mol. The van der Waals surface area contributed by atoms with Gasteiger partial charge in [0.15, 0.2) is 0 Å². The van der Waals surface area contributed by atoms with Gasteiger partial charge in [-0.15, -0.1) is 6.58 Å². The Bertz CT molecular complexity index is 2090. The number of rotatable bonds is 8. The van der Waals surface area contributed by atoms with Crippen LogP contribution in [0.4, 0.5) is 4.79 Å². The minimum Gasteiger partial charge on any atom is -0.465 e. The molecule has 0 saturated carbocycles. The smallest absolute Gasteiger partial charge is 0.405 e. The number of aromatic nitrogens is 4. The Morgan fingerprint density at radius 3 is 2.33 bits per heavy atom. The first kappa shape index (κ1) is 35.0. The van der Waals surface area contributed by atoms with Crippen molar-refractivity contribution in [3.05, 3.63) is 83.1 Å². The minimum absolute atomic E-state index is 0.00268. The molecule has 52 heavy (non-hydrogen) atoms. The fourth-order valence-electron chi connectivity index (χ4n) is 7.81. The summed E-state index contributed by atoms with van der Waals surface area (Å²) in [5, 5.41) is 11.6. The lowest BCUT2D eigenvalue weighted by Gasteiger charge is -2.27. The van der Waals surface area contributed by atoms with Crippen molar-refractivity contribution < 1.29 is 19.5 Å². The summed E-state index contributed by atoms with van der Waals surface area (Å²) < 4.78 is 0. The van der Waals surface area contributed by atoms with E-state index in [0.717, 1.165) is 89.9 Å². The number of likely N-dealkylation sites (tertiary alicyclic amines) is 2. The predicted octanol–water partition coefficient (Wildman–Crippen LogP) is 5.36. The zero-order valence-corrected chi connectivity index (χ0v) is 29.7. The first-order valence-electron chi connectivity index (χ1n) is 18.3. The number of amides is 3. The summed E-state index contributed by atoms with van der Waals surface area (Å²) in [6.07, 6.45) is 6.65. The Morgan fingerprint density at radius 1 is 0.962 bits per heavy atom. The minimum atomic E-state index is -1.24. The number of H-pyrrole nitrogens is 2. The highest BCUT2D eigenvalue weighted by Crippen LogP contribution is 2.37. The van der Waals surface area contributed by atoms with E-state index in [-0.39, 0.29) is 36.2 Å². The lowest BCUT2D eigenvalue weighted by atomic mass is 9.99. The van der Waals surface area contributed by atoms with Crippen molar-refractivity contribution >= 4 is 28.9 Å². The van der Waals surface area contributed by atoms with Crippen LogP contribution in [0.1, 0.15) is 98.5 Å². The molecular formula is C40H46N8O4. The molecule has 3 amide bonds. The van der Waals surface area contributed by atoms with Crippen molar-refractivity contribution in [1.82, 2.24) is 35.1 Å². The van der Waals surface area contributed by atoms with Crippen molar-refractivity contribution in [3.8, 4) is 23.1 Å². The van der Waals surface area contributed by atoms with Gasteiger partial charge in [-0.3, -0.25) is 9.59 Å². The van der Waals surface area contributed by atoms with Crippen LogP contribution in [-0.2, 0) is 22.4 Å². The summed E-state index contributed by atoms with van der Waals surface area (Å²) in [6.45, 7) is 8.87. The number of carboxylic acid groups (broad SMARTS) is 1. The second kappa shape index (κ2) is 14.7. The number of hydrogen-bond donors (Lipinski definition) is 5. The number of carbonyl (C=O) groups excluding carboxylic acids is 2. The molecular weight excluding hydrogens is 656 g/mol. The summed E-state index contributed by atoms with van der Waals surface area (Å²) >= 11 is 0. The highest BCUT2D eigenvalue weighted by atomic mass is 16.4. The monoisotopic (exact) mass is 702 g/mol. The number of nitrogens with two attached hydrogens (primary N) is 1. The van der Waals surface area contributed by atoms with E-state index < -0.39 is 18.2 Å². The number of hydrogen-bond acceptors (Lipinski definition) is 6. The van der Waals surface area contributed by atoms with E-state index in [9.17, 15) is 19.5 Å². The molecule has 2 aliphatic heterocycles. The third kappa shape index (κ3) is 6.93. The van der Waals surface area contributed by atoms with E-state index in [1.165, 1.54) is 5.56 Å². The van der Waals surface area contributed by atoms with Gasteiger partial charge in [0.1, 0.15) is 17.7 Å². The maximum Gasteiger partial charge on any atom is 0.405 e. The number of nitrogens with zero attached hydrogens (tertiary/aromatic N) is 4.